The maximum Gasteiger partial charge on any atom is 0.261 e. The Labute approximate surface area is 116 Å². The van der Waals surface area contributed by atoms with E-state index >= 15 is 0 Å². The third-order valence-corrected chi connectivity index (χ3v) is 3.14. The standard InChI is InChI=1S/C16H25NO2/c1-5-9-13(4)17-16(18)14(6-2)19-15-11-8-7-10-12(15)3/h7-8,10-11,13-14H,5-6,9H2,1-4H3,(H,17,18). The van der Waals surface area contributed by atoms with Crippen molar-refractivity contribution in [2.24, 2.45) is 0 Å². The predicted octanol–water partition coefficient (Wildman–Crippen LogP) is 3.46. The number of nitrogens with one attached hydrogen (secondary N) is 1. The molecule has 1 rings (SSSR count). The van der Waals surface area contributed by atoms with Crippen LogP contribution in [0.5, 0.6) is 5.75 Å². The average Bonchev–Trinajstić information content (AvgIpc) is 2.37. The molecule has 0 spiro atoms. The molecular weight excluding hydrogens is 238 g/mol. The predicted molar refractivity (Wildman–Crippen MR) is 78.4 cm³/mol. The molecular formula is C16H25NO2. The molecule has 0 saturated carbocycles. The van der Waals surface area contributed by atoms with Gasteiger partial charge in [-0.05, 0) is 38.3 Å². The lowest BCUT2D eigenvalue weighted by Gasteiger charge is -2.21. The van der Waals surface area contributed by atoms with Crippen molar-refractivity contribution in [2.45, 2.75) is 59.1 Å². The van der Waals surface area contributed by atoms with Gasteiger partial charge in [-0.3, -0.25) is 4.79 Å². The Balaban J connectivity index is 2.63. The second-order valence-corrected chi connectivity index (χ2v) is 4.98. The average molecular weight is 263 g/mol. The monoisotopic (exact) mass is 263 g/mol. The first kappa shape index (κ1) is 15.5. The Morgan fingerprint density at radius 2 is 2.00 bits per heavy atom. The molecule has 0 saturated heterocycles. The van der Waals surface area contributed by atoms with Crippen molar-refractivity contribution in [3.05, 3.63) is 29.8 Å². The van der Waals surface area contributed by atoms with Crippen LogP contribution in [0, 0.1) is 6.92 Å². The minimum Gasteiger partial charge on any atom is -0.480 e. The summed E-state index contributed by atoms with van der Waals surface area (Å²) in [5.41, 5.74) is 1.05. The molecule has 0 aliphatic rings. The highest BCUT2D eigenvalue weighted by atomic mass is 16.5. The number of hydrogen-bond acceptors (Lipinski definition) is 2. The molecule has 3 heteroatoms. The van der Waals surface area contributed by atoms with Crippen molar-refractivity contribution >= 4 is 5.91 Å². The quantitative estimate of drug-likeness (QED) is 0.818. The number of rotatable bonds is 7. The molecule has 2 atom stereocenters. The highest BCUT2D eigenvalue weighted by Crippen LogP contribution is 2.18. The van der Waals surface area contributed by atoms with Crippen LogP contribution in [0.1, 0.15) is 45.6 Å². The maximum atomic E-state index is 12.1. The van der Waals surface area contributed by atoms with Gasteiger partial charge in [0.05, 0.1) is 0 Å². The molecule has 1 aromatic rings. The maximum absolute atomic E-state index is 12.1. The number of carbonyl (C=O) groups excluding carboxylic acids is 1. The van der Waals surface area contributed by atoms with Crippen LogP contribution in [0.4, 0.5) is 0 Å². The lowest BCUT2D eigenvalue weighted by molar-refractivity contribution is -0.128. The molecule has 0 radical (unpaired) electrons. The zero-order chi connectivity index (χ0) is 14.3. The van der Waals surface area contributed by atoms with Gasteiger partial charge in [0.25, 0.3) is 5.91 Å². The van der Waals surface area contributed by atoms with E-state index in [4.69, 9.17) is 4.74 Å². The Morgan fingerprint density at radius 3 is 2.58 bits per heavy atom. The molecule has 0 aliphatic carbocycles. The van der Waals surface area contributed by atoms with Crippen molar-refractivity contribution in [1.82, 2.24) is 5.32 Å². The smallest absolute Gasteiger partial charge is 0.261 e. The first-order chi connectivity index (χ1) is 9.08. The van der Waals surface area contributed by atoms with Gasteiger partial charge in [-0.1, -0.05) is 38.5 Å². The Bertz CT molecular complexity index is 403. The van der Waals surface area contributed by atoms with E-state index in [9.17, 15) is 4.79 Å². The Morgan fingerprint density at radius 1 is 1.32 bits per heavy atom. The summed E-state index contributed by atoms with van der Waals surface area (Å²) in [6.07, 6.45) is 2.31. The van der Waals surface area contributed by atoms with E-state index < -0.39 is 6.10 Å². The van der Waals surface area contributed by atoms with Crippen LogP contribution < -0.4 is 10.1 Å². The van der Waals surface area contributed by atoms with E-state index in [2.05, 4.69) is 12.2 Å². The van der Waals surface area contributed by atoms with Crippen LogP contribution in [-0.4, -0.2) is 18.1 Å². The fourth-order valence-electron chi connectivity index (χ4n) is 2.01. The van der Waals surface area contributed by atoms with Crippen molar-refractivity contribution in [1.29, 1.82) is 0 Å². The topological polar surface area (TPSA) is 38.3 Å². The molecule has 1 N–H and O–H groups in total. The number of para-hydroxylation sites is 1. The molecule has 3 nitrogen and oxygen atoms in total. The molecule has 1 amide bonds. The highest BCUT2D eigenvalue weighted by Gasteiger charge is 2.20. The molecule has 0 bridgehead atoms. The fourth-order valence-corrected chi connectivity index (χ4v) is 2.01. The van der Waals surface area contributed by atoms with E-state index in [1.165, 1.54) is 0 Å². The summed E-state index contributed by atoms with van der Waals surface area (Å²) in [5.74, 6) is 0.763. The van der Waals surface area contributed by atoms with Gasteiger partial charge in [-0.2, -0.15) is 0 Å². The van der Waals surface area contributed by atoms with Crippen LogP contribution in [0.2, 0.25) is 0 Å². The summed E-state index contributed by atoms with van der Waals surface area (Å²) < 4.78 is 5.82. The fraction of sp³-hybridized carbons (Fsp3) is 0.562. The molecule has 19 heavy (non-hydrogen) atoms. The van der Waals surface area contributed by atoms with Crippen molar-refractivity contribution in [3.63, 3.8) is 0 Å². The first-order valence-electron chi connectivity index (χ1n) is 7.11. The van der Waals surface area contributed by atoms with Gasteiger partial charge in [-0.25, -0.2) is 0 Å². The van der Waals surface area contributed by atoms with Crippen LogP contribution in [0.25, 0.3) is 0 Å². The van der Waals surface area contributed by atoms with Crippen LogP contribution in [0.3, 0.4) is 0 Å². The number of hydrogen-bond donors (Lipinski definition) is 1. The molecule has 0 aromatic heterocycles. The summed E-state index contributed by atoms with van der Waals surface area (Å²) in [6.45, 7) is 8.10. The van der Waals surface area contributed by atoms with Crippen LogP contribution in [-0.2, 0) is 4.79 Å². The van der Waals surface area contributed by atoms with E-state index in [0.717, 1.165) is 24.2 Å². The van der Waals surface area contributed by atoms with Crippen molar-refractivity contribution < 1.29 is 9.53 Å². The molecule has 1 aromatic carbocycles. The third-order valence-electron chi connectivity index (χ3n) is 3.14. The van der Waals surface area contributed by atoms with Gasteiger partial charge < -0.3 is 10.1 Å². The van der Waals surface area contributed by atoms with E-state index in [1.54, 1.807) is 0 Å². The molecule has 106 valence electrons. The van der Waals surface area contributed by atoms with E-state index in [0.29, 0.717) is 6.42 Å². The minimum atomic E-state index is -0.416. The first-order valence-corrected chi connectivity index (χ1v) is 7.11. The van der Waals surface area contributed by atoms with Crippen LogP contribution >= 0.6 is 0 Å². The number of ether oxygens (including phenoxy) is 1. The zero-order valence-electron chi connectivity index (χ0n) is 12.4. The van der Waals surface area contributed by atoms with Crippen molar-refractivity contribution in [3.8, 4) is 5.75 Å². The van der Waals surface area contributed by atoms with Gasteiger partial charge in [0.15, 0.2) is 6.10 Å². The van der Waals surface area contributed by atoms with E-state index in [-0.39, 0.29) is 11.9 Å². The lowest BCUT2D eigenvalue weighted by atomic mass is 10.1. The second kappa shape index (κ2) is 7.82. The summed E-state index contributed by atoms with van der Waals surface area (Å²) >= 11 is 0. The summed E-state index contributed by atoms with van der Waals surface area (Å²) in [4.78, 5) is 12.1. The largest absolute Gasteiger partial charge is 0.480 e. The number of carbonyl (C=O) groups is 1. The second-order valence-electron chi connectivity index (χ2n) is 4.98. The van der Waals surface area contributed by atoms with Gasteiger partial charge in [0, 0.05) is 6.04 Å². The minimum absolute atomic E-state index is 0.0216. The zero-order valence-corrected chi connectivity index (χ0v) is 12.4. The third kappa shape index (κ3) is 4.93. The van der Waals surface area contributed by atoms with E-state index in [1.807, 2.05) is 45.0 Å². The Kier molecular flexibility index (Phi) is 6.40. The van der Waals surface area contributed by atoms with Crippen molar-refractivity contribution in [2.75, 3.05) is 0 Å². The summed E-state index contributed by atoms with van der Waals surface area (Å²) in [6, 6.07) is 7.98. The summed E-state index contributed by atoms with van der Waals surface area (Å²) in [7, 11) is 0. The molecule has 0 heterocycles. The Hall–Kier alpha value is -1.51. The van der Waals surface area contributed by atoms with Gasteiger partial charge in [-0.15, -0.1) is 0 Å². The van der Waals surface area contributed by atoms with Gasteiger partial charge in [0.2, 0.25) is 0 Å². The number of aryl methyl sites for hydroxylation is 1. The van der Waals surface area contributed by atoms with Gasteiger partial charge >= 0.3 is 0 Å². The van der Waals surface area contributed by atoms with Crippen LogP contribution in [0.15, 0.2) is 24.3 Å². The molecule has 0 fully saturated rings. The lowest BCUT2D eigenvalue weighted by Crippen LogP contribution is -2.42. The summed E-state index contributed by atoms with van der Waals surface area (Å²) in [5, 5.41) is 3.01. The number of benzene rings is 1. The van der Waals surface area contributed by atoms with Gasteiger partial charge in [0.1, 0.15) is 5.75 Å². The highest BCUT2D eigenvalue weighted by molar-refractivity contribution is 5.81. The molecule has 0 aliphatic heterocycles. The number of amides is 1. The molecule has 2 unspecified atom stereocenters. The SMILES string of the molecule is CCCC(C)NC(=O)C(CC)Oc1ccccc1C. The normalized spacial score (nSPS) is 13.7.